The van der Waals surface area contributed by atoms with Gasteiger partial charge in [0, 0.05) is 37.1 Å². The summed E-state index contributed by atoms with van der Waals surface area (Å²) in [6.07, 6.45) is 9.99. The predicted octanol–water partition coefficient (Wildman–Crippen LogP) is 2.00. The Hall–Kier alpha value is -2.15. The van der Waals surface area contributed by atoms with Crippen LogP contribution in [-0.4, -0.2) is 50.9 Å². The van der Waals surface area contributed by atoms with Crippen LogP contribution in [0.1, 0.15) is 60.7 Å². The number of H-pyrrole nitrogens is 1. The second-order valence-electron chi connectivity index (χ2n) is 7.89. The van der Waals surface area contributed by atoms with Crippen molar-refractivity contribution < 1.29 is 4.79 Å². The number of amides is 1. The number of aryl methyl sites for hydroxylation is 1. The number of likely N-dealkylation sites (N-methyl/N-ethyl adjacent to an activating group) is 1. The maximum absolute atomic E-state index is 12.8. The highest BCUT2D eigenvalue weighted by Crippen LogP contribution is 2.24. The zero-order chi connectivity index (χ0) is 18.6. The van der Waals surface area contributed by atoms with Crippen molar-refractivity contribution in [2.24, 2.45) is 0 Å². The van der Waals surface area contributed by atoms with Gasteiger partial charge < -0.3 is 10.2 Å². The molecule has 2 aromatic rings. The zero-order valence-electron chi connectivity index (χ0n) is 16.2. The maximum atomic E-state index is 12.8. The maximum Gasteiger partial charge on any atom is 0.244 e. The molecule has 2 aliphatic rings. The molecule has 1 saturated heterocycles. The molecule has 1 fully saturated rings. The van der Waals surface area contributed by atoms with E-state index in [9.17, 15) is 4.79 Å². The summed E-state index contributed by atoms with van der Waals surface area (Å²) in [5, 5.41) is 15.6. The molecule has 4 rings (SSSR count). The Morgan fingerprint density at radius 1 is 1.30 bits per heavy atom. The highest BCUT2D eigenvalue weighted by molar-refractivity contribution is 5.75. The van der Waals surface area contributed by atoms with E-state index in [0.717, 1.165) is 43.7 Å². The molecule has 2 N–H and O–H groups in total. The summed E-state index contributed by atoms with van der Waals surface area (Å²) in [5.41, 5.74) is 4.79. The van der Waals surface area contributed by atoms with Crippen molar-refractivity contribution in [3.05, 3.63) is 34.9 Å². The number of carbonyl (C=O) groups excluding carboxylic acids is 1. The van der Waals surface area contributed by atoms with Crippen molar-refractivity contribution >= 4 is 5.91 Å². The number of hydrogen-bond acceptors (Lipinski definition) is 4. The standard InChI is InChI=1S/C20H30N6O/c1-25(13-18-16-7-3-2-4-8-17(16)23-24-18)20(27)14-26-19(9-11-22-26)15-6-5-10-21-12-15/h9,11,15,21H,2-8,10,12-14H2,1H3,(H,23,24). The summed E-state index contributed by atoms with van der Waals surface area (Å²) in [4.78, 5) is 14.6. The summed E-state index contributed by atoms with van der Waals surface area (Å²) >= 11 is 0. The number of nitrogens with one attached hydrogen (secondary N) is 2. The van der Waals surface area contributed by atoms with Crippen LogP contribution in [0, 0.1) is 0 Å². The van der Waals surface area contributed by atoms with E-state index in [2.05, 4.69) is 26.7 Å². The van der Waals surface area contributed by atoms with Crippen LogP contribution in [0.2, 0.25) is 0 Å². The van der Waals surface area contributed by atoms with Crippen LogP contribution in [-0.2, 0) is 30.7 Å². The van der Waals surface area contributed by atoms with E-state index in [1.165, 1.54) is 36.9 Å². The first kappa shape index (κ1) is 18.2. The van der Waals surface area contributed by atoms with Gasteiger partial charge in [-0.2, -0.15) is 10.2 Å². The van der Waals surface area contributed by atoms with Gasteiger partial charge in [0.05, 0.1) is 12.2 Å². The summed E-state index contributed by atoms with van der Waals surface area (Å²) in [6, 6.07) is 2.05. The fourth-order valence-corrected chi connectivity index (χ4v) is 4.34. The van der Waals surface area contributed by atoms with Crippen molar-refractivity contribution in [1.29, 1.82) is 0 Å². The number of piperidine rings is 1. The second kappa shape index (κ2) is 8.25. The average Bonchev–Trinajstić information content (AvgIpc) is 3.22. The van der Waals surface area contributed by atoms with Gasteiger partial charge in [-0.1, -0.05) is 6.42 Å². The number of carbonyl (C=O) groups is 1. The van der Waals surface area contributed by atoms with Crippen LogP contribution >= 0.6 is 0 Å². The van der Waals surface area contributed by atoms with Gasteiger partial charge in [0.2, 0.25) is 5.91 Å². The molecule has 0 spiro atoms. The lowest BCUT2D eigenvalue weighted by Gasteiger charge is -2.24. The van der Waals surface area contributed by atoms with Crippen LogP contribution in [0.25, 0.3) is 0 Å². The highest BCUT2D eigenvalue weighted by atomic mass is 16.2. The summed E-state index contributed by atoms with van der Waals surface area (Å²) in [7, 11) is 1.87. The van der Waals surface area contributed by atoms with Crippen molar-refractivity contribution in [1.82, 2.24) is 30.2 Å². The van der Waals surface area contributed by atoms with Gasteiger partial charge in [-0.3, -0.25) is 14.6 Å². The molecule has 1 unspecified atom stereocenters. The molecular weight excluding hydrogens is 340 g/mol. The second-order valence-corrected chi connectivity index (χ2v) is 7.89. The molecule has 0 saturated carbocycles. The molecule has 1 aliphatic carbocycles. The third kappa shape index (κ3) is 4.08. The van der Waals surface area contributed by atoms with Gasteiger partial charge in [0.25, 0.3) is 0 Å². The minimum Gasteiger partial charge on any atom is -0.338 e. The quantitative estimate of drug-likeness (QED) is 0.789. The molecule has 1 amide bonds. The van der Waals surface area contributed by atoms with Gasteiger partial charge in [-0.15, -0.1) is 0 Å². The Balaban J connectivity index is 1.40. The number of hydrogen-bond donors (Lipinski definition) is 2. The third-order valence-corrected chi connectivity index (χ3v) is 5.95. The minimum absolute atomic E-state index is 0.0779. The van der Waals surface area contributed by atoms with Crippen molar-refractivity contribution in [2.75, 3.05) is 20.1 Å². The Morgan fingerprint density at radius 3 is 3.04 bits per heavy atom. The van der Waals surface area contributed by atoms with Gasteiger partial charge in [0.1, 0.15) is 6.54 Å². The Bertz CT molecular complexity index is 773. The fourth-order valence-electron chi connectivity index (χ4n) is 4.34. The number of nitrogens with zero attached hydrogens (tertiary/aromatic N) is 4. The number of aromatic nitrogens is 4. The highest BCUT2D eigenvalue weighted by Gasteiger charge is 2.22. The van der Waals surface area contributed by atoms with Crippen LogP contribution in [0.3, 0.4) is 0 Å². The number of fused-ring (bicyclic) bond motifs is 1. The first-order valence-corrected chi connectivity index (χ1v) is 10.2. The molecule has 1 aliphatic heterocycles. The van der Waals surface area contributed by atoms with Gasteiger partial charge in [-0.05, 0) is 56.7 Å². The van der Waals surface area contributed by atoms with Crippen LogP contribution in [0.4, 0.5) is 0 Å². The molecule has 7 heteroatoms. The predicted molar refractivity (Wildman–Crippen MR) is 103 cm³/mol. The first-order chi connectivity index (χ1) is 13.2. The third-order valence-electron chi connectivity index (χ3n) is 5.95. The van der Waals surface area contributed by atoms with E-state index in [1.54, 1.807) is 4.90 Å². The minimum atomic E-state index is 0.0779. The Morgan fingerprint density at radius 2 is 2.19 bits per heavy atom. The van der Waals surface area contributed by atoms with E-state index in [1.807, 2.05) is 17.9 Å². The zero-order valence-corrected chi connectivity index (χ0v) is 16.2. The summed E-state index contributed by atoms with van der Waals surface area (Å²) in [6.45, 7) is 2.91. The van der Waals surface area contributed by atoms with E-state index >= 15 is 0 Å². The molecular formula is C20H30N6O. The number of aromatic amines is 1. The van der Waals surface area contributed by atoms with E-state index in [0.29, 0.717) is 19.0 Å². The first-order valence-electron chi connectivity index (χ1n) is 10.2. The lowest BCUT2D eigenvalue weighted by atomic mass is 9.96. The molecule has 0 bridgehead atoms. The molecule has 1 atom stereocenters. The lowest BCUT2D eigenvalue weighted by molar-refractivity contribution is -0.131. The average molecular weight is 371 g/mol. The van der Waals surface area contributed by atoms with Gasteiger partial charge >= 0.3 is 0 Å². The van der Waals surface area contributed by atoms with Crippen molar-refractivity contribution in [3.8, 4) is 0 Å². The van der Waals surface area contributed by atoms with E-state index in [4.69, 9.17) is 0 Å². The smallest absolute Gasteiger partial charge is 0.244 e. The largest absolute Gasteiger partial charge is 0.338 e. The molecule has 2 aromatic heterocycles. The SMILES string of the molecule is CN(Cc1n[nH]c2c1CCCCC2)C(=O)Cn1nccc1C1CCCNC1. The fraction of sp³-hybridized carbons (Fsp3) is 0.650. The normalized spacial score (nSPS) is 20.1. The molecule has 27 heavy (non-hydrogen) atoms. The van der Waals surface area contributed by atoms with E-state index < -0.39 is 0 Å². The summed E-state index contributed by atoms with van der Waals surface area (Å²) < 4.78 is 1.88. The van der Waals surface area contributed by atoms with Crippen molar-refractivity contribution in [3.63, 3.8) is 0 Å². The molecule has 3 heterocycles. The van der Waals surface area contributed by atoms with E-state index in [-0.39, 0.29) is 5.91 Å². The molecule has 0 aromatic carbocycles. The Labute approximate surface area is 160 Å². The van der Waals surface area contributed by atoms with Crippen LogP contribution in [0.5, 0.6) is 0 Å². The van der Waals surface area contributed by atoms with Gasteiger partial charge in [-0.25, -0.2) is 0 Å². The Kier molecular flexibility index (Phi) is 5.57. The number of rotatable bonds is 5. The summed E-state index contributed by atoms with van der Waals surface area (Å²) in [5.74, 6) is 0.524. The van der Waals surface area contributed by atoms with Crippen molar-refractivity contribution in [2.45, 2.75) is 64.0 Å². The topological polar surface area (TPSA) is 78.8 Å². The molecule has 0 radical (unpaired) electrons. The van der Waals surface area contributed by atoms with Gasteiger partial charge in [0.15, 0.2) is 0 Å². The molecule has 7 nitrogen and oxygen atoms in total. The van der Waals surface area contributed by atoms with Crippen LogP contribution in [0.15, 0.2) is 12.3 Å². The monoisotopic (exact) mass is 370 g/mol. The van der Waals surface area contributed by atoms with Crippen LogP contribution < -0.4 is 5.32 Å². The molecule has 146 valence electrons. The lowest BCUT2D eigenvalue weighted by Crippen LogP contribution is -2.33.